The molecule has 0 amide bonds. The number of nitrogens with zero attached hydrogens (tertiary/aromatic N) is 3. The van der Waals surface area contributed by atoms with E-state index in [4.69, 9.17) is 0 Å². The van der Waals surface area contributed by atoms with E-state index in [1.807, 2.05) is 35.7 Å². The van der Waals surface area contributed by atoms with Crippen molar-refractivity contribution in [3.63, 3.8) is 0 Å². The molecule has 2 heterocycles. The van der Waals surface area contributed by atoms with E-state index in [2.05, 4.69) is 14.8 Å². The van der Waals surface area contributed by atoms with Crippen LogP contribution in [0.4, 0.5) is 5.95 Å². The third kappa shape index (κ3) is 2.30. The highest BCUT2D eigenvalue weighted by Crippen LogP contribution is 2.30. The number of nitrogens with one attached hydrogen (secondary N) is 1. The lowest BCUT2D eigenvalue weighted by Gasteiger charge is -2.01. The highest BCUT2D eigenvalue weighted by atomic mass is 32.2. The summed E-state index contributed by atoms with van der Waals surface area (Å²) >= 11 is 1.43. The van der Waals surface area contributed by atoms with Crippen LogP contribution < -0.4 is 4.72 Å². The minimum atomic E-state index is -3.33. The number of hydrogen-bond donors (Lipinski definition) is 1. The largest absolute Gasteiger partial charge is 0.257 e. The second-order valence-corrected chi connectivity index (χ2v) is 7.76. The van der Waals surface area contributed by atoms with E-state index in [9.17, 15) is 8.42 Å². The second kappa shape index (κ2) is 4.54. The summed E-state index contributed by atoms with van der Waals surface area (Å²) in [6, 6.07) is 9.82. The van der Waals surface area contributed by atoms with E-state index in [-0.39, 0.29) is 11.2 Å². The minimum Gasteiger partial charge on any atom is -0.250 e. The van der Waals surface area contributed by atoms with Crippen molar-refractivity contribution < 1.29 is 8.42 Å². The van der Waals surface area contributed by atoms with Gasteiger partial charge in [0.15, 0.2) is 0 Å². The fourth-order valence-corrected chi connectivity index (χ4v) is 4.22. The lowest BCUT2D eigenvalue weighted by molar-refractivity contribution is 0.599. The Morgan fingerprint density at radius 1 is 1.24 bits per heavy atom. The maximum Gasteiger partial charge on any atom is 0.257 e. The predicted octanol–water partition coefficient (Wildman–Crippen LogP) is 2.36. The fourth-order valence-electron chi connectivity index (χ4n) is 2.12. The van der Waals surface area contributed by atoms with Gasteiger partial charge in [0.25, 0.3) is 5.95 Å². The van der Waals surface area contributed by atoms with Gasteiger partial charge >= 0.3 is 0 Å². The van der Waals surface area contributed by atoms with Crippen LogP contribution in [0.15, 0.2) is 35.7 Å². The molecular weight excluding hydrogens is 308 g/mol. The van der Waals surface area contributed by atoms with Crippen molar-refractivity contribution >= 4 is 32.3 Å². The van der Waals surface area contributed by atoms with Crippen LogP contribution in [-0.2, 0) is 10.0 Å². The van der Waals surface area contributed by atoms with Crippen LogP contribution >= 0.6 is 11.3 Å². The minimum absolute atomic E-state index is 0.144. The Morgan fingerprint density at radius 2 is 2.00 bits per heavy atom. The zero-order valence-corrected chi connectivity index (χ0v) is 12.6. The van der Waals surface area contributed by atoms with E-state index in [1.165, 1.54) is 11.3 Å². The molecule has 1 aromatic carbocycles. The number of thiazole rings is 1. The van der Waals surface area contributed by atoms with Crippen LogP contribution in [0.1, 0.15) is 12.8 Å². The number of aromatic nitrogens is 3. The quantitative estimate of drug-likeness (QED) is 0.800. The van der Waals surface area contributed by atoms with E-state index in [0.717, 1.165) is 11.3 Å². The van der Waals surface area contributed by atoms with E-state index >= 15 is 0 Å². The Kier molecular flexibility index (Phi) is 2.76. The number of anilines is 1. The van der Waals surface area contributed by atoms with Gasteiger partial charge in [0.2, 0.25) is 15.0 Å². The zero-order chi connectivity index (χ0) is 14.4. The van der Waals surface area contributed by atoms with Gasteiger partial charge in [-0.25, -0.2) is 17.7 Å². The molecule has 0 saturated heterocycles. The predicted molar refractivity (Wildman–Crippen MR) is 81.9 cm³/mol. The maximum absolute atomic E-state index is 11.9. The first-order valence-corrected chi connectivity index (χ1v) is 8.97. The summed E-state index contributed by atoms with van der Waals surface area (Å²) in [7, 11) is -3.33. The molecule has 4 rings (SSSR count). The molecule has 8 heteroatoms. The van der Waals surface area contributed by atoms with Crippen molar-refractivity contribution in [3.8, 4) is 11.3 Å². The average molecular weight is 320 g/mol. The highest BCUT2D eigenvalue weighted by molar-refractivity contribution is 7.93. The summed E-state index contributed by atoms with van der Waals surface area (Å²) in [4.78, 5) is 4.90. The van der Waals surface area contributed by atoms with Gasteiger partial charge in [0, 0.05) is 10.9 Å². The van der Waals surface area contributed by atoms with Crippen LogP contribution in [-0.4, -0.2) is 28.3 Å². The highest BCUT2D eigenvalue weighted by Gasteiger charge is 2.36. The Hall–Kier alpha value is -1.93. The molecule has 0 aliphatic heterocycles. The van der Waals surface area contributed by atoms with Gasteiger partial charge < -0.3 is 0 Å². The fraction of sp³-hybridized carbons (Fsp3) is 0.231. The van der Waals surface area contributed by atoms with Gasteiger partial charge in [-0.15, -0.1) is 16.4 Å². The summed E-state index contributed by atoms with van der Waals surface area (Å²) < 4.78 is 28.0. The first-order valence-electron chi connectivity index (χ1n) is 6.55. The van der Waals surface area contributed by atoms with Crippen molar-refractivity contribution in [2.45, 2.75) is 18.1 Å². The molecule has 1 saturated carbocycles. The van der Waals surface area contributed by atoms with E-state index < -0.39 is 10.0 Å². The molecular formula is C13H12N4O2S2. The van der Waals surface area contributed by atoms with E-state index in [1.54, 1.807) is 4.52 Å². The first kappa shape index (κ1) is 12.8. The third-order valence-corrected chi connectivity index (χ3v) is 5.98. The summed E-state index contributed by atoms with van der Waals surface area (Å²) in [6.07, 6.45) is 1.43. The van der Waals surface area contributed by atoms with Gasteiger partial charge in [-0.1, -0.05) is 30.3 Å². The summed E-state index contributed by atoms with van der Waals surface area (Å²) in [6.45, 7) is 0. The van der Waals surface area contributed by atoms with E-state index in [0.29, 0.717) is 17.8 Å². The Labute approximate surface area is 125 Å². The molecule has 0 radical (unpaired) electrons. The SMILES string of the molecule is O=S(=O)(Nc1nc2scc(-c3ccccc3)n2n1)C1CC1. The molecule has 2 aromatic heterocycles. The Morgan fingerprint density at radius 3 is 2.71 bits per heavy atom. The molecule has 6 nitrogen and oxygen atoms in total. The van der Waals surface area contributed by atoms with Gasteiger partial charge in [0.05, 0.1) is 10.9 Å². The van der Waals surface area contributed by atoms with Crippen LogP contribution in [0.25, 0.3) is 16.2 Å². The zero-order valence-electron chi connectivity index (χ0n) is 10.9. The molecule has 108 valence electrons. The molecule has 1 aliphatic rings. The van der Waals surface area contributed by atoms with Crippen LogP contribution in [0.3, 0.4) is 0 Å². The Balaban J connectivity index is 1.73. The first-order chi connectivity index (χ1) is 10.1. The lowest BCUT2D eigenvalue weighted by Crippen LogP contribution is -2.18. The van der Waals surface area contributed by atoms with Crippen molar-refractivity contribution in [2.24, 2.45) is 0 Å². The number of benzene rings is 1. The smallest absolute Gasteiger partial charge is 0.250 e. The number of hydrogen-bond acceptors (Lipinski definition) is 5. The number of fused-ring (bicyclic) bond motifs is 1. The maximum atomic E-state index is 11.9. The van der Waals surface area contributed by atoms with Crippen molar-refractivity contribution in [2.75, 3.05) is 4.72 Å². The van der Waals surface area contributed by atoms with Gasteiger partial charge in [-0.2, -0.15) is 4.98 Å². The molecule has 3 aromatic rings. The van der Waals surface area contributed by atoms with Crippen LogP contribution in [0, 0.1) is 0 Å². The van der Waals surface area contributed by atoms with Crippen molar-refractivity contribution in [1.29, 1.82) is 0 Å². The standard InChI is InChI=1S/C13H12N4O2S2/c18-21(19,10-6-7-10)16-12-14-13-17(15-12)11(8-20-13)9-4-2-1-3-5-9/h1-5,8,10H,6-7H2,(H,15,16). The number of sulfonamides is 1. The lowest BCUT2D eigenvalue weighted by atomic mass is 10.2. The average Bonchev–Trinajstić information content (AvgIpc) is 3.16. The van der Waals surface area contributed by atoms with Crippen LogP contribution in [0.2, 0.25) is 0 Å². The molecule has 1 N–H and O–H groups in total. The molecule has 0 spiro atoms. The Bertz CT molecular complexity index is 895. The van der Waals surface area contributed by atoms with Crippen molar-refractivity contribution in [1.82, 2.24) is 14.6 Å². The summed E-state index contributed by atoms with van der Waals surface area (Å²) in [5, 5.41) is 5.95. The molecule has 1 fully saturated rings. The molecule has 0 atom stereocenters. The van der Waals surface area contributed by atoms with Crippen LogP contribution in [0.5, 0.6) is 0 Å². The summed E-state index contributed by atoms with van der Waals surface area (Å²) in [5.74, 6) is 0.144. The van der Waals surface area contributed by atoms with Gasteiger partial charge in [-0.05, 0) is 12.8 Å². The normalized spacial score (nSPS) is 15.4. The topological polar surface area (TPSA) is 76.4 Å². The van der Waals surface area contributed by atoms with Crippen molar-refractivity contribution in [3.05, 3.63) is 35.7 Å². The molecule has 21 heavy (non-hydrogen) atoms. The van der Waals surface area contributed by atoms with Gasteiger partial charge in [0.1, 0.15) is 0 Å². The third-order valence-electron chi connectivity index (χ3n) is 3.35. The molecule has 0 bridgehead atoms. The van der Waals surface area contributed by atoms with Gasteiger partial charge in [-0.3, -0.25) is 0 Å². The second-order valence-electron chi connectivity index (χ2n) is 4.96. The summed E-state index contributed by atoms with van der Waals surface area (Å²) in [5.41, 5.74) is 1.92. The monoisotopic (exact) mass is 320 g/mol. The molecule has 1 aliphatic carbocycles. The number of rotatable bonds is 4. The molecule has 0 unspecified atom stereocenters.